The van der Waals surface area contributed by atoms with Gasteiger partial charge in [-0.05, 0) is 65.3 Å². The minimum Gasteiger partial charge on any atom is -0.502 e. The fraction of sp³-hybridized carbons (Fsp3) is 0.146. The number of terminal acetylenes is 2. The second-order valence-corrected chi connectivity index (χ2v) is 24.2. The molecule has 6 N–H and O–H groups in total. The van der Waals surface area contributed by atoms with Crippen LogP contribution in [0.1, 0.15) is 116 Å². The molecule has 0 saturated heterocycles. The summed E-state index contributed by atoms with van der Waals surface area (Å²) in [5.74, 6) is 6.49. The molecule has 0 saturated carbocycles. The van der Waals surface area contributed by atoms with E-state index in [-0.39, 0.29) is 86.0 Å². The van der Waals surface area contributed by atoms with Gasteiger partial charge >= 0.3 is 17.9 Å². The summed E-state index contributed by atoms with van der Waals surface area (Å²) in [6, 6.07) is 83.0. The predicted octanol–water partition coefficient (Wildman–Crippen LogP) is 18.1. The van der Waals surface area contributed by atoms with Crippen LogP contribution in [-0.4, -0.2) is 53.4 Å². The van der Waals surface area contributed by atoms with Crippen LogP contribution < -0.4 is 45.4 Å². The van der Waals surface area contributed by atoms with Gasteiger partial charge in [0.05, 0.1) is 6.20 Å². The van der Waals surface area contributed by atoms with Gasteiger partial charge in [0.25, 0.3) is 0 Å². The molecule has 0 aliphatic heterocycles. The number of aliphatic hydroxyl groups excluding tert-OH is 2. The zero-order chi connectivity index (χ0) is 87.3. The van der Waals surface area contributed by atoms with Crippen molar-refractivity contribution in [2.45, 2.75) is 92.8 Å². The molecule has 25 heteroatoms. The number of aromatic carboxylic acids is 2. The summed E-state index contributed by atoms with van der Waals surface area (Å²) >= 11 is 11.1. The second-order valence-electron chi connectivity index (χ2n) is 23.6. The Kier molecular flexibility index (Phi) is 50.2. The van der Waals surface area contributed by atoms with Crippen molar-refractivity contribution in [1.29, 1.82) is 0 Å². The maximum absolute atomic E-state index is 12.6. The summed E-state index contributed by atoms with van der Waals surface area (Å²) in [6.07, 6.45) is 18.5. The summed E-state index contributed by atoms with van der Waals surface area (Å²) in [4.78, 5) is 85.7. The van der Waals surface area contributed by atoms with Crippen molar-refractivity contribution in [2.75, 3.05) is 0 Å². The van der Waals surface area contributed by atoms with Crippen LogP contribution in [0.5, 0.6) is 34.5 Å². The molecule has 5 heterocycles. The molecule has 23 nitrogen and oxygen atoms in total. The number of carbonyl (C=O) groups excluding carboxylic acids is 1. The van der Waals surface area contributed by atoms with Gasteiger partial charge in [0.15, 0.2) is 28.7 Å². The molecular formula is C96H92Cl2N2O21. The standard InChI is InChI=1S/C27H23NO4.C13H11NO4.C13H10O5.C13H12O4.2C7H7Cl.C6H6O4.C4H6.C3H4.C2H2.CH4/c29-27(32-20-23-14-8-3-9-15-23)24-16-25(30-18-21-10-4-1-5-11-21)26(17-28-24)31-19-22-12-6-2-7-13-22;15-11-6-10(13(16)17)14-7-12(11)18-8-9-4-2-1-3-5-9;14-10-6-11(13(15)16)18-8-12(10)17-7-9-4-2-1-3-5-9;14-7-11-6-12(15)13(9-16-11)17-8-10-4-2-1-3-5-10;2*8-6-7-4-2-1-3-5-7;7-2-4-1-5(8)6(9)3-10-4;1-3-4-2;1-3-2;1-2;/h1-17H,18-20H2;1-7H,8H2,(H,14,15)(H,16,17);1-6,8H,7H2,(H,15,16);1-6,9,14H,7-8H2;2*1-5H,6H2;1,3,7,9H,2H2;1-2H3;1H,2H3;1-2H;1H4. The van der Waals surface area contributed by atoms with Gasteiger partial charge in [0, 0.05) is 48.3 Å². The molecule has 13 aromatic rings. The van der Waals surface area contributed by atoms with E-state index in [0.717, 1.165) is 64.1 Å². The van der Waals surface area contributed by atoms with E-state index in [2.05, 4.69) is 51.4 Å². The smallest absolute Gasteiger partial charge is 0.371 e. The molecule has 0 unspecified atom stereocenters. The van der Waals surface area contributed by atoms with Gasteiger partial charge in [-0.15, -0.1) is 60.2 Å². The first kappa shape index (κ1) is 100. The van der Waals surface area contributed by atoms with Crippen LogP contribution in [0.2, 0.25) is 0 Å². The normalized spacial score (nSPS) is 9.36. The van der Waals surface area contributed by atoms with Gasteiger partial charge in [-0.3, -0.25) is 19.2 Å². The lowest BCUT2D eigenvalue weighted by Gasteiger charge is -2.14. The minimum absolute atomic E-state index is 0. The highest BCUT2D eigenvalue weighted by Crippen LogP contribution is 2.29. The maximum Gasteiger partial charge on any atom is 0.371 e. The number of aromatic nitrogens is 2. The molecule has 0 atom stereocenters. The van der Waals surface area contributed by atoms with E-state index in [1.165, 1.54) is 35.9 Å². The molecule has 8 aromatic carbocycles. The van der Waals surface area contributed by atoms with Crippen molar-refractivity contribution in [3.63, 3.8) is 0 Å². The number of carbonyl (C=O) groups is 3. The number of carboxylic acid groups (broad SMARTS) is 2. The SMILES string of the molecule is C.C#C.C#CC.CC#CC.ClCc1ccccc1.ClCc1ccccc1.O=C(O)c1cc(=O)c(OCc2ccccc2)c[nH]1.O=C(O)c1cc(=O)c(OCc2ccccc2)co1.O=C(OCc1ccccc1)c1cc(OCc2ccccc2)c(OCc2ccccc2)cn1.O=c1cc(CO)occ1O.O=c1cc(CO)occ1OCc1ccccc1. The number of aliphatic hydroxyl groups is 2. The summed E-state index contributed by atoms with van der Waals surface area (Å²) in [5, 5.41) is 43.2. The van der Waals surface area contributed by atoms with E-state index in [4.69, 9.17) is 86.0 Å². The average molecular weight is 1680 g/mol. The number of hydrogen-bond donors (Lipinski definition) is 6. The van der Waals surface area contributed by atoms with Gasteiger partial charge in [-0.25, -0.2) is 19.4 Å². The lowest BCUT2D eigenvalue weighted by molar-refractivity contribution is 0.0464. The number of H-pyrrole nitrogens is 1. The lowest BCUT2D eigenvalue weighted by Crippen LogP contribution is -2.12. The van der Waals surface area contributed by atoms with E-state index >= 15 is 0 Å². The first-order chi connectivity index (χ1) is 58.3. The van der Waals surface area contributed by atoms with E-state index in [1.54, 1.807) is 13.0 Å². The number of aromatic hydroxyl groups is 1. The Morgan fingerprint density at radius 2 is 0.727 bits per heavy atom. The van der Waals surface area contributed by atoms with Crippen LogP contribution in [0.15, 0.2) is 337 Å². The van der Waals surface area contributed by atoms with Crippen molar-refractivity contribution in [2.24, 2.45) is 0 Å². The van der Waals surface area contributed by atoms with Gasteiger partial charge in [-0.1, -0.05) is 250 Å². The van der Waals surface area contributed by atoms with E-state index < -0.39 is 45.7 Å². The number of nitrogens with one attached hydrogen (secondary N) is 1. The van der Waals surface area contributed by atoms with Gasteiger partial charge < -0.3 is 72.2 Å². The van der Waals surface area contributed by atoms with Crippen LogP contribution in [-0.2, 0) is 69.4 Å². The number of esters is 1. The number of nitrogens with zero attached hydrogens (tertiary/aromatic N) is 1. The number of carboxylic acids is 2. The Labute approximate surface area is 711 Å². The van der Waals surface area contributed by atoms with Crippen LogP contribution >= 0.6 is 23.2 Å². The molecule has 0 fully saturated rings. The first-order valence-electron chi connectivity index (χ1n) is 36.1. The number of hydrogen-bond acceptors (Lipinski definition) is 20. The zero-order valence-electron chi connectivity index (χ0n) is 65.6. The molecule has 0 spiro atoms. The van der Waals surface area contributed by atoms with Gasteiger partial charge in [-0.2, -0.15) is 0 Å². The highest BCUT2D eigenvalue weighted by atomic mass is 35.5. The second kappa shape index (κ2) is 60.6. The highest BCUT2D eigenvalue weighted by molar-refractivity contribution is 6.17. The quantitative estimate of drug-likeness (QED) is 0.0186. The number of ether oxygens (including phenoxy) is 6. The lowest BCUT2D eigenvalue weighted by atomic mass is 10.2. The van der Waals surface area contributed by atoms with Crippen LogP contribution in [0.4, 0.5) is 0 Å². The maximum atomic E-state index is 12.6. The predicted molar refractivity (Wildman–Crippen MR) is 465 cm³/mol. The van der Waals surface area contributed by atoms with Crippen LogP contribution in [0, 0.1) is 37.0 Å². The zero-order valence-corrected chi connectivity index (χ0v) is 67.2. The Balaban J connectivity index is 0.000000375. The number of benzene rings is 8. The summed E-state index contributed by atoms with van der Waals surface area (Å²) in [7, 11) is 0. The van der Waals surface area contributed by atoms with Crippen molar-refractivity contribution in [1.82, 2.24) is 9.97 Å². The first-order valence-corrected chi connectivity index (χ1v) is 37.2. The molecule has 626 valence electrons. The number of halogens is 2. The monoisotopic (exact) mass is 1680 g/mol. The molecule has 0 radical (unpaired) electrons. The summed E-state index contributed by atoms with van der Waals surface area (Å²) in [5.41, 5.74) is 6.27. The Hall–Kier alpha value is -14.9. The molecule has 5 aromatic heterocycles. The largest absolute Gasteiger partial charge is 0.502 e. The van der Waals surface area contributed by atoms with Crippen molar-refractivity contribution >= 4 is 41.1 Å². The average Bonchev–Trinajstić information content (AvgIpc) is 0.847. The van der Waals surface area contributed by atoms with Crippen molar-refractivity contribution in [3.8, 4) is 71.5 Å². The molecule has 13 rings (SSSR count). The molecule has 121 heavy (non-hydrogen) atoms. The molecular weight excluding hydrogens is 1590 g/mol. The molecule has 0 aliphatic rings. The fourth-order valence-corrected chi connectivity index (χ4v) is 9.19. The van der Waals surface area contributed by atoms with Gasteiger partial charge in [0.1, 0.15) is 88.9 Å². The van der Waals surface area contributed by atoms with Crippen LogP contribution in [0.25, 0.3) is 0 Å². The third-order valence-corrected chi connectivity index (χ3v) is 15.4. The fourth-order valence-electron chi connectivity index (χ4n) is 8.83. The van der Waals surface area contributed by atoms with Gasteiger partial charge in [0.2, 0.25) is 39.0 Å². The number of pyridine rings is 2. The summed E-state index contributed by atoms with van der Waals surface area (Å²) < 4.78 is 47.6. The minimum atomic E-state index is -1.29. The molecule has 0 aliphatic carbocycles. The highest BCUT2D eigenvalue weighted by Gasteiger charge is 2.17. The molecule has 0 bridgehead atoms. The Morgan fingerprint density at radius 1 is 0.413 bits per heavy atom. The topological polar surface area (TPSA) is 344 Å². The number of rotatable bonds is 24. The van der Waals surface area contributed by atoms with Crippen molar-refractivity contribution < 1.29 is 81.6 Å². The van der Waals surface area contributed by atoms with E-state index in [1.807, 2.05) is 257 Å². The van der Waals surface area contributed by atoms with E-state index in [0.29, 0.717) is 43.1 Å². The summed E-state index contributed by atoms with van der Waals surface area (Å²) in [6.45, 7) is 6.32. The Morgan fingerprint density at radius 3 is 1.04 bits per heavy atom. The Bertz CT molecular complexity index is 5320. The number of aromatic amines is 1. The van der Waals surface area contributed by atoms with Crippen molar-refractivity contribution in [3.05, 3.63) is 418 Å². The third-order valence-electron chi connectivity index (χ3n) is 14.8. The van der Waals surface area contributed by atoms with E-state index in [9.17, 15) is 33.6 Å². The molecule has 0 amide bonds. The third kappa shape index (κ3) is 41.0. The number of alkyl halides is 2. The van der Waals surface area contributed by atoms with Crippen LogP contribution in [0.3, 0.4) is 0 Å².